The molecule has 2 aromatic carbocycles. The van der Waals surface area contributed by atoms with Gasteiger partial charge in [0.2, 0.25) is 5.78 Å². The number of benzene rings is 2. The molecule has 0 aromatic heterocycles. The highest BCUT2D eigenvalue weighted by atomic mass is 16.4. The number of phenolic OH excluding ortho intramolecular Hbond substituents is 2. The van der Waals surface area contributed by atoms with Gasteiger partial charge in [0.15, 0.2) is 5.78 Å². The van der Waals surface area contributed by atoms with Crippen LogP contribution in [-0.2, 0) is 11.2 Å². The van der Waals surface area contributed by atoms with E-state index >= 15 is 0 Å². The number of phenols is 2. The fourth-order valence-electron chi connectivity index (χ4n) is 4.42. The van der Waals surface area contributed by atoms with Gasteiger partial charge in [0.05, 0.1) is 16.7 Å². The lowest BCUT2D eigenvalue weighted by Crippen LogP contribution is -2.44. The minimum Gasteiger partial charge on any atom is -0.507 e. The number of carbonyl (C=O) groups excluding carboxylic acids is 2. The Balaban J connectivity index is 2.02. The van der Waals surface area contributed by atoms with Crippen molar-refractivity contribution in [2.75, 3.05) is 0 Å². The normalized spacial score (nSPS) is 23.0. The number of ketones is 2. The molecule has 0 amide bonds. The van der Waals surface area contributed by atoms with E-state index in [-0.39, 0.29) is 58.4 Å². The van der Waals surface area contributed by atoms with Gasteiger partial charge in [0, 0.05) is 11.1 Å². The van der Waals surface area contributed by atoms with Crippen molar-refractivity contribution < 1.29 is 34.8 Å². The molecule has 0 aliphatic heterocycles. The summed E-state index contributed by atoms with van der Waals surface area (Å²) in [5.74, 6) is -4.69. The number of carboxylic acids is 1. The first-order valence-corrected chi connectivity index (χ1v) is 8.96. The van der Waals surface area contributed by atoms with Gasteiger partial charge in [-0.15, -0.1) is 0 Å². The number of aliphatic hydroxyl groups is 1. The summed E-state index contributed by atoms with van der Waals surface area (Å²) in [6.45, 7) is 1.67. The zero-order valence-corrected chi connectivity index (χ0v) is 15.0. The molecule has 2 aromatic rings. The second-order valence-corrected chi connectivity index (χ2v) is 7.30. The summed E-state index contributed by atoms with van der Waals surface area (Å²) in [6, 6.07) is 5.41. The maximum atomic E-state index is 13.0. The quantitative estimate of drug-likeness (QED) is 0.534. The standard InChI is InChI=1S/C21H18O7/c1-2-21(28)7-6-9-11(16(21)20(26)27)8-12-15(18(9)24)19(25)14-10(17(12)23)4-3-5-13(14)22/h3-5,8,16,22,24,28H,2,6-7H2,1H3,(H,26,27). The van der Waals surface area contributed by atoms with Crippen LogP contribution < -0.4 is 0 Å². The maximum Gasteiger partial charge on any atom is 0.313 e. The van der Waals surface area contributed by atoms with Crippen LogP contribution in [0, 0.1) is 0 Å². The smallest absolute Gasteiger partial charge is 0.313 e. The van der Waals surface area contributed by atoms with Crippen LogP contribution in [0.5, 0.6) is 11.5 Å². The molecule has 0 spiro atoms. The van der Waals surface area contributed by atoms with Crippen molar-refractivity contribution in [1.29, 1.82) is 0 Å². The van der Waals surface area contributed by atoms with Gasteiger partial charge < -0.3 is 20.4 Å². The Kier molecular flexibility index (Phi) is 3.83. The average Bonchev–Trinajstić information content (AvgIpc) is 2.65. The number of rotatable bonds is 2. The molecule has 4 N–H and O–H groups in total. The highest BCUT2D eigenvalue weighted by Gasteiger charge is 2.47. The second-order valence-electron chi connectivity index (χ2n) is 7.30. The molecule has 2 unspecified atom stereocenters. The Bertz CT molecular complexity index is 1070. The van der Waals surface area contributed by atoms with Crippen molar-refractivity contribution in [1.82, 2.24) is 0 Å². The molecule has 7 heteroatoms. The third kappa shape index (κ3) is 2.23. The Morgan fingerprint density at radius 3 is 2.50 bits per heavy atom. The van der Waals surface area contributed by atoms with Crippen LogP contribution in [0.4, 0.5) is 0 Å². The van der Waals surface area contributed by atoms with Crippen molar-refractivity contribution in [3.05, 3.63) is 57.6 Å². The number of carbonyl (C=O) groups is 3. The van der Waals surface area contributed by atoms with Gasteiger partial charge in [-0.1, -0.05) is 19.1 Å². The van der Waals surface area contributed by atoms with E-state index in [4.69, 9.17) is 0 Å². The van der Waals surface area contributed by atoms with Crippen LogP contribution in [0.3, 0.4) is 0 Å². The lowest BCUT2D eigenvalue weighted by molar-refractivity contribution is -0.147. The Hall–Kier alpha value is -3.19. The molecule has 0 radical (unpaired) electrons. The van der Waals surface area contributed by atoms with Gasteiger partial charge in [0.1, 0.15) is 17.4 Å². The van der Waals surface area contributed by atoms with Crippen LogP contribution in [0.15, 0.2) is 24.3 Å². The van der Waals surface area contributed by atoms with Crippen molar-refractivity contribution in [3.8, 4) is 11.5 Å². The van der Waals surface area contributed by atoms with Gasteiger partial charge in [-0.3, -0.25) is 14.4 Å². The number of aliphatic carboxylic acids is 1. The number of fused-ring (bicyclic) bond motifs is 3. The minimum atomic E-state index is -1.52. The third-order valence-electron chi connectivity index (χ3n) is 5.94. The topological polar surface area (TPSA) is 132 Å². The highest BCUT2D eigenvalue weighted by molar-refractivity contribution is 6.30. The fraction of sp³-hybridized carbons (Fsp3) is 0.286. The molecule has 144 valence electrons. The van der Waals surface area contributed by atoms with Crippen LogP contribution in [0.25, 0.3) is 0 Å². The molecule has 0 bridgehead atoms. The summed E-state index contributed by atoms with van der Waals surface area (Å²) >= 11 is 0. The Morgan fingerprint density at radius 2 is 1.86 bits per heavy atom. The maximum absolute atomic E-state index is 13.0. The van der Waals surface area contributed by atoms with E-state index in [0.717, 1.165) is 0 Å². The summed E-state index contributed by atoms with van der Waals surface area (Å²) < 4.78 is 0. The lowest BCUT2D eigenvalue weighted by atomic mass is 9.68. The molecule has 0 saturated heterocycles. The summed E-state index contributed by atoms with van der Waals surface area (Å²) in [6.07, 6.45) is 0.451. The molecular weight excluding hydrogens is 364 g/mol. The van der Waals surface area contributed by atoms with E-state index in [0.29, 0.717) is 0 Å². The number of carboxylic acid groups (broad SMARTS) is 1. The highest BCUT2D eigenvalue weighted by Crippen LogP contribution is 2.48. The summed E-state index contributed by atoms with van der Waals surface area (Å²) in [4.78, 5) is 37.8. The molecule has 28 heavy (non-hydrogen) atoms. The van der Waals surface area contributed by atoms with Crippen LogP contribution in [0.2, 0.25) is 0 Å². The van der Waals surface area contributed by atoms with E-state index < -0.39 is 34.8 Å². The molecular formula is C21H18O7. The van der Waals surface area contributed by atoms with Crippen molar-refractivity contribution >= 4 is 17.5 Å². The van der Waals surface area contributed by atoms with Crippen molar-refractivity contribution in [3.63, 3.8) is 0 Å². The van der Waals surface area contributed by atoms with E-state index in [9.17, 15) is 34.8 Å². The lowest BCUT2D eigenvalue weighted by Gasteiger charge is -2.39. The summed E-state index contributed by atoms with van der Waals surface area (Å²) in [7, 11) is 0. The van der Waals surface area contributed by atoms with Gasteiger partial charge in [-0.05, 0) is 42.5 Å². The van der Waals surface area contributed by atoms with E-state index in [1.54, 1.807) is 6.92 Å². The molecule has 0 heterocycles. The number of hydrogen-bond donors (Lipinski definition) is 4. The first-order chi connectivity index (χ1) is 13.2. The molecule has 0 saturated carbocycles. The third-order valence-corrected chi connectivity index (χ3v) is 5.94. The second kappa shape index (κ2) is 5.90. The van der Waals surface area contributed by atoms with E-state index in [1.807, 2.05) is 0 Å². The molecule has 0 fully saturated rings. The summed E-state index contributed by atoms with van der Waals surface area (Å²) in [5, 5.41) is 41.4. The van der Waals surface area contributed by atoms with Gasteiger partial charge in [-0.2, -0.15) is 0 Å². The predicted molar refractivity (Wildman–Crippen MR) is 97.0 cm³/mol. The molecule has 4 rings (SSSR count). The minimum absolute atomic E-state index is 0.00899. The fourth-order valence-corrected chi connectivity index (χ4v) is 4.42. The summed E-state index contributed by atoms with van der Waals surface area (Å²) in [5.41, 5.74) is -1.67. The van der Waals surface area contributed by atoms with E-state index in [1.165, 1.54) is 24.3 Å². The van der Waals surface area contributed by atoms with Crippen molar-refractivity contribution in [2.45, 2.75) is 37.7 Å². The Labute approximate surface area is 159 Å². The van der Waals surface area contributed by atoms with Crippen LogP contribution in [0.1, 0.15) is 68.7 Å². The van der Waals surface area contributed by atoms with Crippen molar-refractivity contribution in [2.24, 2.45) is 0 Å². The number of aromatic hydroxyl groups is 2. The van der Waals surface area contributed by atoms with Gasteiger partial charge in [0.25, 0.3) is 0 Å². The SMILES string of the molecule is CCC1(O)CCc2c(cc3c(c2O)C(=O)c2c(O)cccc2C3=O)C1C(=O)O. The van der Waals surface area contributed by atoms with Crippen LogP contribution in [-0.4, -0.2) is 43.6 Å². The Morgan fingerprint density at radius 1 is 1.14 bits per heavy atom. The van der Waals surface area contributed by atoms with Crippen LogP contribution >= 0.6 is 0 Å². The largest absolute Gasteiger partial charge is 0.507 e. The predicted octanol–water partition coefficient (Wildman–Crippen LogP) is 2.13. The molecule has 2 aliphatic rings. The first kappa shape index (κ1) is 18.2. The van der Waals surface area contributed by atoms with E-state index in [2.05, 4.69) is 0 Å². The molecule has 7 nitrogen and oxygen atoms in total. The van der Waals surface area contributed by atoms with Gasteiger partial charge in [-0.25, -0.2) is 0 Å². The van der Waals surface area contributed by atoms with Gasteiger partial charge >= 0.3 is 5.97 Å². The zero-order chi connectivity index (χ0) is 20.4. The zero-order valence-electron chi connectivity index (χ0n) is 15.0. The molecule has 2 atom stereocenters. The molecule has 2 aliphatic carbocycles. The average molecular weight is 382 g/mol. The first-order valence-electron chi connectivity index (χ1n) is 8.96. The number of hydrogen-bond acceptors (Lipinski definition) is 6. The monoisotopic (exact) mass is 382 g/mol.